The van der Waals surface area contributed by atoms with Crippen LogP contribution in [0.5, 0.6) is 0 Å². The van der Waals surface area contributed by atoms with Crippen molar-refractivity contribution in [2.75, 3.05) is 6.54 Å². The molecule has 0 N–H and O–H groups in total. The van der Waals surface area contributed by atoms with Gasteiger partial charge < -0.3 is 11.2 Å². The van der Waals surface area contributed by atoms with E-state index in [0.29, 0.717) is 0 Å². The van der Waals surface area contributed by atoms with Crippen LogP contribution in [0.1, 0.15) is 19.3 Å². The van der Waals surface area contributed by atoms with Crippen molar-refractivity contribution in [2.24, 2.45) is 0 Å². The van der Waals surface area contributed by atoms with Gasteiger partial charge in [-0.2, -0.15) is 6.42 Å². The molecule has 0 unspecified atom stereocenters. The van der Waals surface area contributed by atoms with Gasteiger partial charge >= 0.3 is 18.9 Å². The van der Waals surface area contributed by atoms with Crippen molar-refractivity contribution in [1.29, 1.82) is 0 Å². The van der Waals surface area contributed by atoms with Crippen LogP contribution in [0.2, 0.25) is 39.3 Å². The molecule has 0 saturated carbocycles. The number of nitrogens with zero attached hydrogens (tertiary/aromatic N) is 1. The van der Waals surface area contributed by atoms with Gasteiger partial charge in [-0.05, 0) is 13.0 Å². The molecule has 0 atom stereocenters. The van der Waals surface area contributed by atoms with Crippen LogP contribution in [0.3, 0.4) is 0 Å². The summed E-state index contributed by atoms with van der Waals surface area (Å²) in [6.45, 7) is 20.0. The zero-order chi connectivity index (χ0) is 11.4. The minimum atomic E-state index is -1.10. The SMILES string of the molecule is [CH2-]CCCCN([Si](C)(C)C)[Si](C)(C)C.[Li+]. The molecule has 0 bridgehead atoms. The summed E-state index contributed by atoms with van der Waals surface area (Å²) in [5.41, 5.74) is 0. The maximum Gasteiger partial charge on any atom is 1.00 e. The molecular formula is C11H28LiNSi2. The second kappa shape index (κ2) is 7.34. The summed E-state index contributed by atoms with van der Waals surface area (Å²) in [6, 6.07) is 0. The molecule has 0 aromatic rings. The molecule has 0 aliphatic rings. The van der Waals surface area contributed by atoms with E-state index < -0.39 is 16.5 Å². The largest absolute Gasteiger partial charge is 1.00 e. The van der Waals surface area contributed by atoms with Gasteiger partial charge in [0.1, 0.15) is 16.5 Å². The van der Waals surface area contributed by atoms with Gasteiger partial charge in [-0.15, -0.1) is 0 Å². The maximum absolute atomic E-state index is 3.91. The minimum Gasteiger partial charge on any atom is -0.346 e. The number of hydrogen-bond acceptors (Lipinski definition) is 1. The van der Waals surface area contributed by atoms with E-state index in [0.717, 1.165) is 6.42 Å². The first-order valence-electron chi connectivity index (χ1n) is 5.76. The Morgan fingerprint density at radius 3 is 1.53 bits per heavy atom. The summed E-state index contributed by atoms with van der Waals surface area (Å²) in [7, 11) is -2.19. The quantitative estimate of drug-likeness (QED) is 0.378. The van der Waals surface area contributed by atoms with E-state index in [-0.39, 0.29) is 18.9 Å². The van der Waals surface area contributed by atoms with Crippen LogP contribution in [-0.4, -0.2) is 27.2 Å². The molecule has 0 spiro atoms. The Morgan fingerprint density at radius 2 is 1.27 bits per heavy atom. The summed E-state index contributed by atoms with van der Waals surface area (Å²) in [6.07, 6.45) is 3.70. The zero-order valence-corrected chi connectivity index (χ0v) is 14.0. The molecule has 0 amide bonds. The number of hydrogen-bond donors (Lipinski definition) is 0. The van der Waals surface area contributed by atoms with Crippen molar-refractivity contribution in [1.82, 2.24) is 4.23 Å². The van der Waals surface area contributed by atoms with Gasteiger partial charge in [0.05, 0.1) is 0 Å². The average Bonchev–Trinajstić information content (AvgIpc) is 1.92. The third-order valence-electron chi connectivity index (χ3n) is 2.50. The Morgan fingerprint density at radius 1 is 0.867 bits per heavy atom. The van der Waals surface area contributed by atoms with Crippen molar-refractivity contribution in [3.63, 3.8) is 0 Å². The predicted molar refractivity (Wildman–Crippen MR) is 72.6 cm³/mol. The van der Waals surface area contributed by atoms with Crippen LogP contribution in [0.25, 0.3) is 0 Å². The third kappa shape index (κ3) is 7.82. The second-order valence-electron chi connectivity index (χ2n) is 6.05. The van der Waals surface area contributed by atoms with E-state index in [1.54, 1.807) is 0 Å². The Labute approximate surface area is 111 Å². The van der Waals surface area contributed by atoms with Gasteiger partial charge in [0.15, 0.2) is 0 Å². The number of unbranched alkanes of at least 4 members (excludes halogenated alkanes) is 2. The molecule has 15 heavy (non-hydrogen) atoms. The molecule has 0 aliphatic carbocycles. The molecule has 4 heteroatoms. The normalized spacial score (nSPS) is 12.8. The fraction of sp³-hybridized carbons (Fsp3) is 0.909. The first kappa shape index (κ1) is 18.4. The van der Waals surface area contributed by atoms with Crippen LogP contribution in [-0.2, 0) is 0 Å². The van der Waals surface area contributed by atoms with Crippen LogP contribution < -0.4 is 18.9 Å². The minimum absolute atomic E-state index is 0. The fourth-order valence-corrected chi connectivity index (χ4v) is 11.8. The Bertz CT molecular complexity index is 147. The van der Waals surface area contributed by atoms with Crippen molar-refractivity contribution in [3.05, 3.63) is 6.92 Å². The van der Waals surface area contributed by atoms with Crippen molar-refractivity contribution < 1.29 is 18.9 Å². The van der Waals surface area contributed by atoms with Crippen LogP contribution >= 0.6 is 0 Å². The predicted octanol–water partition coefficient (Wildman–Crippen LogP) is 0.967. The van der Waals surface area contributed by atoms with Gasteiger partial charge in [-0.1, -0.05) is 45.7 Å². The van der Waals surface area contributed by atoms with Gasteiger partial charge in [-0.3, -0.25) is 0 Å². The van der Waals surface area contributed by atoms with Crippen molar-refractivity contribution in [3.8, 4) is 0 Å². The molecule has 0 fully saturated rings. The molecule has 86 valence electrons. The van der Waals surface area contributed by atoms with Gasteiger partial charge in [0, 0.05) is 0 Å². The van der Waals surface area contributed by atoms with Crippen molar-refractivity contribution in [2.45, 2.75) is 58.5 Å². The second-order valence-corrected chi connectivity index (χ2v) is 16.3. The zero-order valence-electron chi connectivity index (χ0n) is 12.0. The summed E-state index contributed by atoms with van der Waals surface area (Å²) >= 11 is 0. The molecular weight excluding hydrogens is 209 g/mol. The molecule has 0 aromatic carbocycles. The first-order chi connectivity index (χ1) is 6.19. The molecule has 0 saturated heterocycles. The van der Waals surface area contributed by atoms with E-state index in [1.165, 1.54) is 19.4 Å². The van der Waals surface area contributed by atoms with E-state index in [2.05, 4.69) is 50.4 Å². The Kier molecular flexibility index (Phi) is 8.99. The summed E-state index contributed by atoms with van der Waals surface area (Å²) < 4.78 is 2.86. The number of rotatable bonds is 6. The summed E-state index contributed by atoms with van der Waals surface area (Å²) in [5, 5.41) is 0. The molecule has 0 aromatic heterocycles. The molecule has 0 heterocycles. The standard InChI is InChI=1S/C11H28NSi2.Li/c1-8-9-10-11-12(13(2,3)4)14(5,6)7;/h1,8-11H2,2-7H3;/q-1;+1. The van der Waals surface area contributed by atoms with E-state index >= 15 is 0 Å². The fourth-order valence-electron chi connectivity index (χ4n) is 2.12. The topological polar surface area (TPSA) is 3.24 Å². The third-order valence-corrected chi connectivity index (χ3v) is 10.2. The molecule has 0 aliphatic heterocycles. The van der Waals surface area contributed by atoms with E-state index in [9.17, 15) is 0 Å². The average molecular weight is 237 g/mol. The van der Waals surface area contributed by atoms with Crippen LogP contribution in [0.15, 0.2) is 0 Å². The van der Waals surface area contributed by atoms with Crippen LogP contribution in [0, 0.1) is 6.92 Å². The molecule has 1 nitrogen and oxygen atoms in total. The van der Waals surface area contributed by atoms with Gasteiger partial charge in [0.2, 0.25) is 0 Å². The monoisotopic (exact) mass is 237 g/mol. The van der Waals surface area contributed by atoms with Gasteiger partial charge in [0.25, 0.3) is 0 Å². The van der Waals surface area contributed by atoms with Crippen molar-refractivity contribution >= 4 is 16.5 Å². The van der Waals surface area contributed by atoms with E-state index in [4.69, 9.17) is 0 Å². The summed E-state index contributed by atoms with van der Waals surface area (Å²) in [5.74, 6) is 0. The Hall–Kier alpha value is 0.991. The Balaban J connectivity index is 0. The first-order valence-corrected chi connectivity index (χ1v) is 12.7. The maximum atomic E-state index is 3.91. The molecule has 0 radical (unpaired) electrons. The molecule has 0 rings (SSSR count). The smallest absolute Gasteiger partial charge is 0.346 e. The van der Waals surface area contributed by atoms with Crippen LogP contribution in [0.4, 0.5) is 0 Å². The van der Waals surface area contributed by atoms with E-state index in [1.807, 2.05) is 0 Å². The summed E-state index contributed by atoms with van der Waals surface area (Å²) in [4.78, 5) is 0. The van der Waals surface area contributed by atoms with Gasteiger partial charge in [-0.25, -0.2) is 0 Å².